The molecule has 0 atom stereocenters. The maximum absolute atomic E-state index is 8.63. The number of rotatable bonds is 2. The highest BCUT2D eigenvalue weighted by Crippen LogP contribution is 2.37. The summed E-state index contributed by atoms with van der Waals surface area (Å²) >= 11 is 0. The van der Waals surface area contributed by atoms with Crippen LogP contribution in [0.5, 0.6) is 5.75 Å². The number of phenols is 1. The van der Waals surface area contributed by atoms with E-state index in [9.17, 15) is 0 Å². The van der Waals surface area contributed by atoms with E-state index in [4.69, 9.17) is 5.11 Å². The van der Waals surface area contributed by atoms with Gasteiger partial charge >= 0.3 is 0 Å². The third-order valence-electron chi connectivity index (χ3n) is 4.85. The Kier molecular flexibility index (Phi) is 6.28. The van der Waals surface area contributed by atoms with Crippen LogP contribution in [-0.2, 0) is 0 Å². The molecule has 1 aliphatic rings. The van der Waals surface area contributed by atoms with Gasteiger partial charge in [0.2, 0.25) is 0 Å². The first-order valence-electron chi connectivity index (χ1n) is 9.23. The average Bonchev–Trinajstić information content (AvgIpc) is 2.70. The predicted octanol–water partition coefficient (Wildman–Crippen LogP) is 6.79. The largest absolute Gasteiger partial charge is 0.508 e. The van der Waals surface area contributed by atoms with Crippen molar-refractivity contribution in [2.45, 2.75) is 38.0 Å². The van der Waals surface area contributed by atoms with Crippen LogP contribution in [0.15, 0.2) is 84.9 Å². The number of benzene rings is 3. The van der Waals surface area contributed by atoms with Crippen LogP contribution in [0, 0.1) is 0 Å². The van der Waals surface area contributed by atoms with Crippen LogP contribution < -0.4 is 0 Å². The topological polar surface area (TPSA) is 20.2 Å². The van der Waals surface area contributed by atoms with E-state index < -0.39 is 0 Å². The molecular weight excluding hydrogens is 304 g/mol. The van der Waals surface area contributed by atoms with E-state index in [2.05, 4.69) is 54.6 Å². The zero-order valence-corrected chi connectivity index (χ0v) is 14.6. The zero-order chi connectivity index (χ0) is 17.3. The number of phenolic OH excluding ortho intramolecular Hbond substituents is 1. The molecule has 0 bridgehead atoms. The quantitative estimate of drug-likeness (QED) is 0.548. The van der Waals surface area contributed by atoms with Crippen molar-refractivity contribution >= 4 is 0 Å². The second-order valence-corrected chi connectivity index (χ2v) is 6.62. The fourth-order valence-electron chi connectivity index (χ4n) is 3.58. The summed E-state index contributed by atoms with van der Waals surface area (Å²) in [6, 6.07) is 28.5. The van der Waals surface area contributed by atoms with Gasteiger partial charge in [-0.15, -0.1) is 0 Å². The molecule has 0 aliphatic heterocycles. The molecule has 0 amide bonds. The lowest BCUT2D eigenvalue weighted by molar-refractivity contribution is 0.444. The van der Waals surface area contributed by atoms with Gasteiger partial charge in [-0.1, -0.05) is 92.1 Å². The summed E-state index contributed by atoms with van der Waals surface area (Å²) in [5, 5.41) is 8.63. The third-order valence-corrected chi connectivity index (χ3v) is 4.85. The van der Waals surface area contributed by atoms with E-state index in [0.29, 0.717) is 5.75 Å². The lowest BCUT2D eigenvalue weighted by Gasteiger charge is -2.24. The first-order valence-corrected chi connectivity index (χ1v) is 9.23. The molecule has 0 unspecified atom stereocenters. The summed E-state index contributed by atoms with van der Waals surface area (Å²) in [5.41, 5.74) is 4.35. The summed E-state index contributed by atoms with van der Waals surface area (Å²) in [7, 11) is 0. The minimum Gasteiger partial charge on any atom is -0.508 e. The normalized spacial score (nSPS) is 14.4. The summed E-state index contributed by atoms with van der Waals surface area (Å²) in [4.78, 5) is 0. The van der Waals surface area contributed by atoms with Gasteiger partial charge in [0.05, 0.1) is 0 Å². The minimum atomic E-state index is 0.322. The van der Waals surface area contributed by atoms with Crippen molar-refractivity contribution in [2.24, 2.45) is 0 Å². The SMILES string of the molecule is Oc1ccccc1.c1ccc(-c2ccccc2C2CCCCC2)cc1. The molecule has 4 rings (SSSR count). The monoisotopic (exact) mass is 330 g/mol. The first kappa shape index (κ1) is 17.3. The molecule has 0 saturated heterocycles. The molecule has 1 fully saturated rings. The fraction of sp³-hybridized carbons (Fsp3) is 0.250. The van der Waals surface area contributed by atoms with Crippen LogP contribution in [0.25, 0.3) is 11.1 Å². The van der Waals surface area contributed by atoms with Gasteiger partial charge in [-0.3, -0.25) is 0 Å². The van der Waals surface area contributed by atoms with Gasteiger partial charge in [0.1, 0.15) is 5.75 Å². The van der Waals surface area contributed by atoms with Crippen molar-refractivity contribution in [2.75, 3.05) is 0 Å². The van der Waals surface area contributed by atoms with Crippen molar-refractivity contribution < 1.29 is 5.11 Å². The van der Waals surface area contributed by atoms with E-state index in [1.807, 2.05) is 6.07 Å². The Labute approximate surface area is 151 Å². The lowest BCUT2D eigenvalue weighted by atomic mass is 9.81. The van der Waals surface area contributed by atoms with Crippen molar-refractivity contribution in [1.29, 1.82) is 0 Å². The predicted molar refractivity (Wildman–Crippen MR) is 106 cm³/mol. The summed E-state index contributed by atoms with van der Waals surface area (Å²) in [5.74, 6) is 1.10. The molecular formula is C24H26O. The molecule has 3 aromatic carbocycles. The molecule has 1 saturated carbocycles. The first-order chi connectivity index (χ1) is 12.3. The maximum Gasteiger partial charge on any atom is 0.115 e. The molecule has 0 heterocycles. The van der Waals surface area contributed by atoms with Crippen LogP contribution in [0.2, 0.25) is 0 Å². The number of aromatic hydroxyl groups is 1. The fourth-order valence-corrected chi connectivity index (χ4v) is 3.58. The molecule has 1 N–H and O–H groups in total. The van der Waals surface area contributed by atoms with Gasteiger partial charge in [-0.05, 0) is 47.6 Å². The van der Waals surface area contributed by atoms with E-state index in [1.54, 1.807) is 29.8 Å². The second-order valence-electron chi connectivity index (χ2n) is 6.62. The highest BCUT2D eigenvalue weighted by Gasteiger charge is 2.18. The minimum absolute atomic E-state index is 0.322. The molecule has 3 aromatic rings. The summed E-state index contributed by atoms with van der Waals surface area (Å²) < 4.78 is 0. The number of para-hydroxylation sites is 1. The van der Waals surface area contributed by atoms with E-state index in [1.165, 1.54) is 43.2 Å². The molecule has 0 spiro atoms. The summed E-state index contributed by atoms with van der Waals surface area (Å²) in [6.07, 6.45) is 6.94. The van der Waals surface area contributed by atoms with Gasteiger partial charge in [-0.2, -0.15) is 0 Å². The van der Waals surface area contributed by atoms with Crippen molar-refractivity contribution in [3.8, 4) is 16.9 Å². The Balaban J connectivity index is 0.000000219. The van der Waals surface area contributed by atoms with Crippen LogP contribution in [0.4, 0.5) is 0 Å². The van der Waals surface area contributed by atoms with Crippen LogP contribution >= 0.6 is 0 Å². The van der Waals surface area contributed by atoms with Crippen molar-refractivity contribution in [3.05, 3.63) is 90.5 Å². The number of hydrogen-bond donors (Lipinski definition) is 1. The molecule has 25 heavy (non-hydrogen) atoms. The van der Waals surface area contributed by atoms with E-state index in [-0.39, 0.29) is 0 Å². The second kappa shape index (κ2) is 9.08. The molecule has 0 radical (unpaired) electrons. The maximum atomic E-state index is 8.63. The van der Waals surface area contributed by atoms with E-state index in [0.717, 1.165) is 5.92 Å². The smallest absolute Gasteiger partial charge is 0.115 e. The van der Waals surface area contributed by atoms with Crippen LogP contribution in [0.3, 0.4) is 0 Å². The van der Waals surface area contributed by atoms with Gasteiger partial charge < -0.3 is 5.11 Å². The Morgan fingerprint density at radius 2 is 1.16 bits per heavy atom. The molecule has 1 heteroatoms. The Bertz CT molecular complexity index is 743. The number of hydrogen-bond acceptors (Lipinski definition) is 1. The van der Waals surface area contributed by atoms with Crippen LogP contribution in [0.1, 0.15) is 43.6 Å². The van der Waals surface area contributed by atoms with Gasteiger partial charge in [0.15, 0.2) is 0 Å². The Morgan fingerprint density at radius 1 is 0.600 bits per heavy atom. The standard InChI is InChI=1S/C18H20.C6H6O/c1-3-9-15(10-4-1)17-13-7-8-14-18(17)16-11-5-2-6-12-16;7-6-4-2-1-3-5-6/h1,3-4,7-10,13-14,16H,2,5-6,11-12H2;1-5,7H. The van der Waals surface area contributed by atoms with Gasteiger partial charge in [0, 0.05) is 0 Å². The van der Waals surface area contributed by atoms with Gasteiger partial charge in [0.25, 0.3) is 0 Å². The molecule has 1 aliphatic carbocycles. The van der Waals surface area contributed by atoms with Gasteiger partial charge in [-0.25, -0.2) is 0 Å². The van der Waals surface area contributed by atoms with Crippen LogP contribution in [-0.4, -0.2) is 5.11 Å². The highest BCUT2D eigenvalue weighted by atomic mass is 16.3. The molecule has 1 nitrogen and oxygen atoms in total. The molecule has 128 valence electrons. The summed E-state index contributed by atoms with van der Waals surface area (Å²) in [6.45, 7) is 0. The van der Waals surface area contributed by atoms with Crippen molar-refractivity contribution in [3.63, 3.8) is 0 Å². The van der Waals surface area contributed by atoms with E-state index >= 15 is 0 Å². The Hall–Kier alpha value is -2.54. The lowest BCUT2D eigenvalue weighted by Crippen LogP contribution is -2.05. The third kappa shape index (κ3) is 4.96. The Morgan fingerprint density at radius 3 is 1.76 bits per heavy atom. The molecule has 0 aromatic heterocycles. The highest BCUT2D eigenvalue weighted by molar-refractivity contribution is 5.68. The average molecular weight is 330 g/mol. The van der Waals surface area contributed by atoms with Crippen molar-refractivity contribution in [1.82, 2.24) is 0 Å². The zero-order valence-electron chi connectivity index (χ0n) is 14.6.